The number of hydrogen-bond donors (Lipinski definition) is 0. The molecule has 0 heterocycles. The van der Waals surface area contributed by atoms with Gasteiger partial charge in [-0.15, -0.1) is 0 Å². The SMILES string of the molecule is CCCc1ccc(/C=C/c2ccc(CC(F)c3ccccc3)c(F)c2)cc1. The van der Waals surface area contributed by atoms with Crippen LogP contribution >= 0.6 is 0 Å². The largest absolute Gasteiger partial charge is 0.242 e. The summed E-state index contributed by atoms with van der Waals surface area (Å²) >= 11 is 0. The highest BCUT2D eigenvalue weighted by Crippen LogP contribution is 2.24. The minimum atomic E-state index is -1.20. The fourth-order valence-electron chi connectivity index (χ4n) is 3.08. The third-order valence-corrected chi connectivity index (χ3v) is 4.62. The Labute approximate surface area is 160 Å². The van der Waals surface area contributed by atoms with Crippen LogP contribution in [-0.4, -0.2) is 0 Å². The lowest BCUT2D eigenvalue weighted by molar-refractivity contribution is 0.338. The molecule has 0 aliphatic rings. The average molecular weight is 362 g/mol. The van der Waals surface area contributed by atoms with Gasteiger partial charge in [-0.05, 0) is 40.3 Å². The molecule has 0 aliphatic carbocycles. The third-order valence-electron chi connectivity index (χ3n) is 4.62. The quantitative estimate of drug-likeness (QED) is 0.390. The van der Waals surface area contributed by atoms with Gasteiger partial charge in [0.05, 0.1) is 0 Å². The second-order valence-electron chi connectivity index (χ2n) is 6.76. The lowest BCUT2D eigenvalue weighted by Gasteiger charge is -2.10. The molecule has 0 nitrogen and oxygen atoms in total. The van der Waals surface area contributed by atoms with Crippen LogP contribution < -0.4 is 0 Å². The van der Waals surface area contributed by atoms with Crippen LogP contribution in [0.1, 0.15) is 47.3 Å². The molecule has 27 heavy (non-hydrogen) atoms. The van der Waals surface area contributed by atoms with Gasteiger partial charge < -0.3 is 0 Å². The van der Waals surface area contributed by atoms with Crippen LogP contribution in [0, 0.1) is 5.82 Å². The van der Waals surface area contributed by atoms with E-state index in [0.29, 0.717) is 11.1 Å². The number of halogens is 2. The summed E-state index contributed by atoms with van der Waals surface area (Å²) in [5, 5.41) is 0. The predicted molar refractivity (Wildman–Crippen MR) is 110 cm³/mol. The zero-order valence-electron chi connectivity index (χ0n) is 15.5. The molecule has 138 valence electrons. The third kappa shape index (κ3) is 5.37. The number of aryl methyl sites for hydroxylation is 1. The number of benzene rings is 3. The minimum absolute atomic E-state index is 0.0404. The van der Waals surface area contributed by atoms with Crippen molar-refractivity contribution in [3.63, 3.8) is 0 Å². The highest BCUT2D eigenvalue weighted by Gasteiger charge is 2.13. The van der Waals surface area contributed by atoms with E-state index in [0.717, 1.165) is 24.0 Å². The maximum atomic E-state index is 14.4. The Balaban J connectivity index is 1.67. The Hall–Kier alpha value is -2.74. The Morgan fingerprint density at radius 2 is 1.52 bits per heavy atom. The van der Waals surface area contributed by atoms with Crippen molar-refractivity contribution in [1.82, 2.24) is 0 Å². The Morgan fingerprint density at radius 3 is 2.19 bits per heavy atom. The highest BCUT2D eigenvalue weighted by atomic mass is 19.1. The summed E-state index contributed by atoms with van der Waals surface area (Å²) in [4.78, 5) is 0. The molecule has 2 heteroatoms. The van der Waals surface area contributed by atoms with Gasteiger partial charge in [0.2, 0.25) is 0 Å². The molecule has 1 atom stereocenters. The van der Waals surface area contributed by atoms with Crippen molar-refractivity contribution >= 4 is 12.2 Å². The molecule has 3 aromatic carbocycles. The smallest absolute Gasteiger partial charge is 0.129 e. The normalized spacial score (nSPS) is 12.4. The van der Waals surface area contributed by atoms with Gasteiger partial charge in [-0.3, -0.25) is 0 Å². The summed E-state index contributed by atoms with van der Waals surface area (Å²) in [6, 6.07) is 22.2. The molecule has 0 saturated carbocycles. The van der Waals surface area contributed by atoms with Gasteiger partial charge >= 0.3 is 0 Å². The zero-order valence-corrected chi connectivity index (χ0v) is 15.5. The standard InChI is InChI=1S/C25H24F2/c1-2-6-19-9-11-20(12-10-19)13-14-21-15-16-23(24(26)17-21)18-25(27)22-7-4-3-5-8-22/h3-5,7-17,25H,2,6,18H2,1H3/b14-13+. The van der Waals surface area contributed by atoms with Crippen molar-refractivity contribution in [1.29, 1.82) is 0 Å². The van der Waals surface area contributed by atoms with Crippen LogP contribution in [0.15, 0.2) is 72.8 Å². The van der Waals surface area contributed by atoms with Crippen LogP contribution in [-0.2, 0) is 12.8 Å². The second-order valence-corrected chi connectivity index (χ2v) is 6.76. The zero-order chi connectivity index (χ0) is 19.1. The van der Waals surface area contributed by atoms with Crippen LogP contribution in [0.3, 0.4) is 0 Å². The molecular weight excluding hydrogens is 338 g/mol. The van der Waals surface area contributed by atoms with E-state index in [-0.39, 0.29) is 12.2 Å². The van der Waals surface area contributed by atoms with Crippen molar-refractivity contribution in [3.8, 4) is 0 Å². The summed E-state index contributed by atoms with van der Waals surface area (Å²) in [5.74, 6) is -0.367. The molecule has 0 N–H and O–H groups in total. The second kappa shape index (κ2) is 9.27. The molecule has 0 aromatic heterocycles. The molecule has 0 bridgehead atoms. The van der Waals surface area contributed by atoms with Crippen molar-refractivity contribution in [3.05, 3.63) is 106 Å². The molecule has 0 radical (unpaired) electrons. The van der Waals surface area contributed by atoms with Gasteiger partial charge in [-0.2, -0.15) is 0 Å². The van der Waals surface area contributed by atoms with Crippen molar-refractivity contribution in [2.75, 3.05) is 0 Å². The molecule has 0 aliphatic heterocycles. The summed E-state index contributed by atoms with van der Waals surface area (Å²) in [5.41, 5.74) is 4.14. The highest BCUT2D eigenvalue weighted by molar-refractivity contribution is 5.69. The number of hydrogen-bond acceptors (Lipinski definition) is 0. The maximum absolute atomic E-state index is 14.4. The van der Waals surface area contributed by atoms with Crippen LogP contribution in [0.25, 0.3) is 12.2 Å². The van der Waals surface area contributed by atoms with E-state index >= 15 is 0 Å². The molecule has 1 unspecified atom stereocenters. The summed E-state index contributed by atoms with van der Waals surface area (Å²) < 4.78 is 28.8. The summed E-state index contributed by atoms with van der Waals surface area (Å²) in [6.07, 6.45) is 4.89. The molecule has 0 fully saturated rings. The monoisotopic (exact) mass is 362 g/mol. The number of alkyl halides is 1. The van der Waals surface area contributed by atoms with Crippen LogP contribution in [0.2, 0.25) is 0 Å². The fourth-order valence-corrected chi connectivity index (χ4v) is 3.08. The van der Waals surface area contributed by atoms with E-state index < -0.39 is 6.17 Å². The van der Waals surface area contributed by atoms with Crippen molar-refractivity contribution < 1.29 is 8.78 Å². The first-order chi connectivity index (χ1) is 13.2. The molecule has 3 rings (SSSR count). The van der Waals surface area contributed by atoms with Crippen molar-refractivity contribution in [2.24, 2.45) is 0 Å². The van der Waals surface area contributed by atoms with E-state index in [2.05, 4.69) is 31.2 Å². The first-order valence-electron chi connectivity index (χ1n) is 9.40. The van der Waals surface area contributed by atoms with Gasteiger partial charge in [-0.25, -0.2) is 8.78 Å². The topological polar surface area (TPSA) is 0 Å². The van der Waals surface area contributed by atoms with Gasteiger partial charge in [0.1, 0.15) is 12.0 Å². The van der Waals surface area contributed by atoms with E-state index in [1.165, 1.54) is 11.6 Å². The minimum Gasteiger partial charge on any atom is -0.242 e. The first-order valence-corrected chi connectivity index (χ1v) is 9.40. The summed E-state index contributed by atoms with van der Waals surface area (Å²) in [7, 11) is 0. The molecule has 0 saturated heterocycles. The predicted octanol–water partition coefficient (Wildman–Crippen LogP) is 7.20. The van der Waals surface area contributed by atoms with E-state index in [1.807, 2.05) is 24.3 Å². The lowest BCUT2D eigenvalue weighted by Crippen LogP contribution is -1.99. The maximum Gasteiger partial charge on any atom is 0.129 e. The number of rotatable bonds is 7. The first kappa shape index (κ1) is 19.0. The summed E-state index contributed by atoms with van der Waals surface area (Å²) in [6.45, 7) is 2.16. The van der Waals surface area contributed by atoms with Gasteiger partial charge in [0, 0.05) is 6.42 Å². The molecule has 0 amide bonds. The lowest BCUT2D eigenvalue weighted by atomic mass is 10.0. The van der Waals surface area contributed by atoms with Crippen LogP contribution in [0.4, 0.5) is 8.78 Å². The van der Waals surface area contributed by atoms with Gasteiger partial charge in [0.25, 0.3) is 0 Å². The van der Waals surface area contributed by atoms with E-state index in [9.17, 15) is 8.78 Å². The Kier molecular flexibility index (Phi) is 6.54. The average Bonchev–Trinajstić information content (AvgIpc) is 2.70. The van der Waals surface area contributed by atoms with Crippen molar-refractivity contribution in [2.45, 2.75) is 32.4 Å². The molecule has 0 spiro atoms. The fraction of sp³-hybridized carbons (Fsp3) is 0.200. The van der Waals surface area contributed by atoms with E-state index in [1.54, 1.807) is 30.3 Å². The van der Waals surface area contributed by atoms with E-state index in [4.69, 9.17) is 0 Å². The van der Waals surface area contributed by atoms with Gasteiger partial charge in [0.15, 0.2) is 0 Å². The Morgan fingerprint density at radius 1 is 0.852 bits per heavy atom. The Bertz CT molecular complexity index is 880. The van der Waals surface area contributed by atoms with Gasteiger partial charge in [-0.1, -0.05) is 92.2 Å². The van der Waals surface area contributed by atoms with Crippen LogP contribution in [0.5, 0.6) is 0 Å². The molecular formula is C25H24F2. The molecule has 3 aromatic rings.